The van der Waals surface area contributed by atoms with Gasteiger partial charge in [-0.1, -0.05) is 6.92 Å². The van der Waals surface area contributed by atoms with Crippen LogP contribution in [0.3, 0.4) is 0 Å². The summed E-state index contributed by atoms with van der Waals surface area (Å²) < 4.78 is 22.8. The Bertz CT molecular complexity index is 484. The first-order valence-electron chi connectivity index (χ1n) is 9.25. The normalized spacial score (nSPS) is 53.1. The molecule has 4 aliphatic carbocycles. The van der Waals surface area contributed by atoms with Crippen molar-refractivity contribution in [2.24, 2.45) is 29.6 Å². The molecule has 0 aromatic heterocycles. The Hall–Kier alpha value is 0.130. The van der Waals surface area contributed by atoms with Gasteiger partial charge in [0.1, 0.15) is 0 Å². The fourth-order valence-electron chi connectivity index (χ4n) is 6.12. The number of halogens is 1. The van der Waals surface area contributed by atoms with Crippen LogP contribution in [0.2, 0.25) is 0 Å². The number of alkyl halides is 1. The Morgan fingerprint density at radius 2 is 1.43 bits per heavy atom. The van der Waals surface area contributed by atoms with Crippen LogP contribution in [0.4, 0.5) is 0 Å². The molecule has 0 aromatic rings. The standard InChI is InChI=1S/C9H13ClO2.C9H14O2/c1-8(10)6-2-3-9(7(6)8)11-4-5-12-9;1-6-7-2-3-9(8(6)7)10-4-5-11-9/h6-7H,2-5H2,1H3;6-8H,2-5H2,1H3/t6-,7+,8-;6-,7-,8+/m01/s1. The predicted octanol–water partition coefficient (Wildman–Crippen LogP) is 3.17. The van der Waals surface area contributed by atoms with E-state index >= 15 is 0 Å². The lowest BCUT2D eigenvalue weighted by molar-refractivity contribution is -0.170. The lowest BCUT2D eigenvalue weighted by atomic mass is 10.1. The molecule has 2 spiro atoms. The highest BCUT2D eigenvalue weighted by Gasteiger charge is 2.74. The van der Waals surface area contributed by atoms with Gasteiger partial charge in [0, 0.05) is 24.7 Å². The highest BCUT2D eigenvalue weighted by molar-refractivity contribution is 6.26. The summed E-state index contributed by atoms with van der Waals surface area (Å²) in [5.41, 5.74) is 0. The maximum absolute atomic E-state index is 6.32. The molecule has 6 rings (SSSR count). The van der Waals surface area contributed by atoms with Crippen LogP contribution in [0.25, 0.3) is 0 Å². The van der Waals surface area contributed by atoms with Crippen molar-refractivity contribution in [1.82, 2.24) is 0 Å². The Morgan fingerprint density at radius 1 is 0.870 bits per heavy atom. The minimum Gasteiger partial charge on any atom is -0.347 e. The van der Waals surface area contributed by atoms with Gasteiger partial charge in [-0.2, -0.15) is 0 Å². The van der Waals surface area contributed by atoms with Gasteiger partial charge in [-0.15, -0.1) is 11.6 Å². The van der Waals surface area contributed by atoms with E-state index in [-0.39, 0.29) is 16.4 Å². The second-order valence-electron chi connectivity index (χ2n) is 8.38. The first-order valence-corrected chi connectivity index (χ1v) is 9.63. The Kier molecular flexibility index (Phi) is 3.25. The van der Waals surface area contributed by atoms with E-state index in [1.165, 1.54) is 12.8 Å². The van der Waals surface area contributed by atoms with E-state index < -0.39 is 0 Å². The van der Waals surface area contributed by atoms with Gasteiger partial charge < -0.3 is 18.9 Å². The summed E-state index contributed by atoms with van der Waals surface area (Å²) in [5, 5.41) is 0. The van der Waals surface area contributed by atoms with E-state index in [2.05, 4.69) is 13.8 Å². The van der Waals surface area contributed by atoms with E-state index in [0.29, 0.717) is 11.8 Å². The number of ether oxygens (including phenoxy) is 4. The number of rotatable bonds is 0. The summed E-state index contributed by atoms with van der Waals surface area (Å²) in [6.45, 7) is 7.55. The third-order valence-electron chi connectivity index (χ3n) is 7.35. The van der Waals surface area contributed by atoms with Crippen LogP contribution in [0.5, 0.6) is 0 Å². The molecule has 2 saturated heterocycles. The molecule has 0 radical (unpaired) electrons. The average molecular weight is 343 g/mol. The van der Waals surface area contributed by atoms with Gasteiger partial charge in [0.2, 0.25) is 0 Å². The SMILES string of the molecule is C[C@@H]1[C@H]2CCC3(OCCO3)[C@@H]12.C[C@]1(Cl)[C@H]2CCC3(OCCO3)[C@H]21. The summed E-state index contributed by atoms with van der Waals surface area (Å²) in [7, 11) is 0. The fraction of sp³-hybridized carbons (Fsp3) is 1.00. The average Bonchev–Trinajstić information content (AvgIpc) is 3.11. The summed E-state index contributed by atoms with van der Waals surface area (Å²) >= 11 is 6.32. The summed E-state index contributed by atoms with van der Waals surface area (Å²) in [6, 6.07) is 0. The molecular weight excluding hydrogens is 316 g/mol. The summed E-state index contributed by atoms with van der Waals surface area (Å²) in [6.07, 6.45) is 4.69. The molecule has 0 amide bonds. The van der Waals surface area contributed by atoms with Crippen LogP contribution in [0.1, 0.15) is 39.5 Å². The number of hydrogen-bond donors (Lipinski definition) is 0. The Labute approximate surface area is 143 Å². The van der Waals surface area contributed by atoms with Crippen molar-refractivity contribution in [2.45, 2.75) is 56.0 Å². The molecule has 6 aliphatic rings. The van der Waals surface area contributed by atoms with Crippen LogP contribution >= 0.6 is 11.6 Å². The largest absolute Gasteiger partial charge is 0.347 e. The van der Waals surface area contributed by atoms with E-state index in [9.17, 15) is 0 Å². The summed E-state index contributed by atoms with van der Waals surface area (Å²) in [5.74, 6) is 3.23. The lowest BCUT2D eigenvalue weighted by Gasteiger charge is -2.26. The zero-order valence-corrected chi connectivity index (χ0v) is 14.8. The van der Waals surface area contributed by atoms with Gasteiger partial charge in [0.05, 0.1) is 31.3 Å². The minimum atomic E-state index is -0.277. The topological polar surface area (TPSA) is 36.9 Å². The molecule has 0 N–H and O–H groups in total. The molecule has 4 nitrogen and oxygen atoms in total. The molecule has 2 aliphatic heterocycles. The second-order valence-corrected chi connectivity index (χ2v) is 9.19. The highest BCUT2D eigenvalue weighted by atomic mass is 35.5. The van der Waals surface area contributed by atoms with Crippen LogP contribution < -0.4 is 0 Å². The molecule has 2 heterocycles. The fourth-order valence-corrected chi connectivity index (χ4v) is 6.61. The van der Waals surface area contributed by atoms with Gasteiger partial charge in [0.15, 0.2) is 11.6 Å². The molecule has 0 unspecified atom stereocenters. The molecular formula is C18H27ClO4. The smallest absolute Gasteiger partial charge is 0.173 e. The van der Waals surface area contributed by atoms with Crippen molar-refractivity contribution in [1.29, 1.82) is 0 Å². The van der Waals surface area contributed by atoms with Gasteiger partial charge >= 0.3 is 0 Å². The van der Waals surface area contributed by atoms with Crippen molar-refractivity contribution in [3.8, 4) is 0 Å². The first kappa shape index (κ1) is 15.4. The zero-order chi connectivity index (χ0) is 15.9. The molecule has 130 valence electrons. The Balaban J connectivity index is 0.000000106. The van der Waals surface area contributed by atoms with Crippen molar-refractivity contribution in [3.05, 3.63) is 0 Å². The number of fused-ring (bicyclic) bond motifs is 4. The van der Waals surface area contributed by atoms with Crippen molar-refractivity contribution >= 4 is 11.6 Å². The quantitative estimate of drug-likeness (QED) is 0.634. The van der Waals surface area contributed by atoms with Crippen LogP contribution in [-0.4, -0.2) is 42.9 Å². The van der Waals surface area contributed by atoms with Crippen LogP contribution in [-0.2, 0) is 18.9 Å². The molecule has 0 aromatic carbocycles. The monoisotopic (exact) mass is 342 g/mol. The van der Waals surface area contributed by atoms with Gasteiger partial charge in [-0.3, -0.25) is 0 Å². The van der Waals surface area contributed by atoms with Gasteiger partial charge in [-0.25, -0.2) is 0 Å². The molecule has 4 saturated carbocycles. The molecule has 0 bridgehead atoms. The minimum absolute atomic E-state index is 0.0391. The highest BCUT2D eigenvalue weighted by Crippen LogP contribution is 2.70. The maximum atomic E-state index is 6.32. The van der Waals surface area contributed by atoms with E-state index in [1.54, 1.807) is 0 Å². The third-order valence-corrected chi connectivity index (χ3v) is 7.87. The lowest BCUT2D eigenvalue weighted by Crippen LogP contribution is -2.33. The van der Waals surface area contributed by atoms with E-state index in [4.69, 9.17) is 30.5 Å². The van der Waals surface area contributed by atoms with E-state index in [0.717, 1.165) is 57.0 Å². The number of hydrogen-bond acceptors (Lipinski definition) is 4. The third kappa shape index (κ3) is 2.05. The van der Waals surface area contributed by atoms with Crippen molar-refractivity contribution < 1.29 is 18.9 Å². The van der Waals surface area contributed by atoms with E-state index in [1.807, 2.05) is 0 Å². The molecule has 23 heavy (non-hydrogen) atoms. The van der Waals surface area contributed by atoms with Gasteiger partial charge in [-0.05, 0) is 37.5 Å². The molecule has 6 atom stereocenters. The summed E-state index contributed by atoms with van der Waals surface area (Å²) in [4.78, 5) is -0.0391. The van der Waals surface area contributed by atoms with Crippen LogP contribution in [0, 0.1) is 29.6 Å². The van der Waals surface area contributed by atoms with Crippen molar-refractivity contribution in [2.75, 3.05) is 26.4 Å². The zero-order valence-electron chi connectivity index (χ0n) is 14.1. The maximum Gasteiger partial charge on any atom is 0.173 e. The molecule has 6 fully saturated rings. The first-order chi connectivity index (χ1) is 11.0. The predicted molar refractivity (Wildman–Crippen MR) is 85.1 cm³/mol. The van der Waals surface area contributed by atoms with Crippen LogP contribution in [0.15, 0.2) is 0 Å². The van der Waals surface area contributed by atoms with Gasteiger partial charge in [0.25, 0.3) is 0 Å². The van der Waals surface area contributed by atoms with Crippen molar-refractivity contribution in [3.63, 3.8) is 0 Å². The second kappa shape index (κ2) is 4.85. The molecule has 5 heteroatoms. The Morgan fingerprint density at radius 3 is 1.91 bits per heavy atom.